The molecule has 2 rings (SSSR count). The van der Waals surface area contributed by atoms with E-state index in [1.807, 2.05) is 19.1 Å². The number of aromatic nitrogens is 2. The number of hydrogen-bond donors (Lipinski definition) is 0. The van der Waals surface area contributed by atoms with Gasteiger partial charge in [-0.15, -0.1) is 11.6 Å². The van der Waals surface area contributed by atoms with Crippen LogP contribution in [0, 0.1) is 3.57 Å². The van der Waals surface area contributed by atoms with Gasteiger partial charge in [0.25, 0.3) is 0 Å². The van der Waals surface area contributed by atoms with E-state index in [1.165, 1.54) is 3.57 Å². The summed E-state index contributed by atoms with van der Waals surface area (Å²) in [5.74, 6) is 1.60. The second-order valence-corrected chi connectivity index (χ2v) is 5.38. The maximum Gasteiger partial charge on any atom is 0.130 e. The molecule has 5 heteroatoms. The molecule has 0 aliphatic heterocycles. The summed E-state index contributed by atoms with van der Waals surface area (Å²) in [6, 6.07) is 6.28. The molecule has 0 fully saturated rings. The van der Waals surface area contributed by atoms with Crippen LogP contribution in [0.5, 0.6) is 0 Å². The van der Waals surface area contributed by atoms with Crippen LogP contribution in [-0.4, -0.2) is 29.6 Å². The van der Waals surface area contributed by atoms with Crippen molar-refractivity contribution in [2.45, 2.75) is 6.42 Å². The number of hydrogen-bond acceptors (Lipinski definition) is 2. The Morgan fingerprint density at radius 3 is 2.81 bits per heavy atom. The first-order chi connectivity index (χ1) is 7.63. The molecule has 2 aromatic rings. The Morgan fingerprint density at radius 1 is 1.44 bits per heavy atom. The Kier molecular flexibility index (Phi) is 3.59. The standard InChI is InChI=1S/C11H13ClIN3/c1-15(2)16-10-4-3-8(13)7-9(10)14-11(16)5-6-12/h3-4,7H,5-6H2,1-2H3. The van der Waals surface area contributed by atoms with Crippen LogP contribution in [0.2, 0.25) is 0 Å². The van der Waals surface area contributed by atoms with Gasteiger partial charge in [-0.1, -0.05) is 0 Å². The summed E-state index contributed by atoms with van der Waals surface area (Å²) in [5, 5.41) is 2.03. The molecule has 1 heterocycles. The molecule has 0 saturated heterocycles. The van der Waals surface area contributed by atoms with E-state index in [0.29, 0.717) is 5.88 Å². The molecule has 0 atom stereocenters. The lowest BCUT2D eigenvalue weighted by Gasteiger charge is -2.17. The highest BCUT2D eigenvalue weighted by molar-refractivity contribution is 14.1. The fourth-order valence-electron chi connectivity index (χ4n) is 1.78. The van der Waals surface area contributed by atoms with Crippen molar-refractivity contribution in [3.8, 4) is 0 Å². The molecule has 1 aromatic carbocycles. The molecule has 0 unspecified atom stereocenters. The van der Waals surface area contributed by atoms with E-state index in [4.69, 9.17) is 11.6 Å². The Labute approximate surface area is 114 Å². The second-order valence-electron chi connectivity index (χ2n) is 3.76. The van der Waals surface area contributed by atoms with Crippen molar-refractivity contribution in [2.75, 3.05) is 25.0 Å². The molecule has 86 valence electrons. The van der Waals surface area contributed by atoms with Gasteiger partial charge in [-0.2, -0.15) is 0 Å². The summed E-state index contributed by atoms with van der Waals surface area (Å²) in [5.41, 5.74) is 2.16. The van der Waals surface area contributed by atoms with Crippen molar-refractivity contribution < 1.29 is 0 Å². The molecule has 0 aliphatic carbocycles. The largest absolute Gasteiger partial charge is 0.317 e. The maximum absolute atomic E-state index is 5.80. The number of halogens is 2. The topological polar surface area (TPSA) is 21.1 Å². The first kappa shape index (κ1) is 12.0. The number of rotatable bonds is 3. The summed E-state index contributed by atoms with van der Waals surface area (Å²) in [7, 11) is 4.02. The van der Waals surface area contributed by atoms with E-state index in [-0.39, 0.29) is 0 Å². The molecular weight excluding hydrogens is 336 g/mol. The minimum absolute atomic E-state index is 0.592. The first-order valence-corrected chi connectivity index (χ1v) is 6.65. The zero-order valence-corrected chi connectivity index (χ0v) is 12.2. The fraction of sp³-hybridized carbons (Fsp3) is 0.364. The van der Waals surface area contributed by atoms with E-state index in [0.717, 1.165) is 23.3 Å². The number of nitrogens with zero attached hydrogens (tertiary/aromatic N) is 3. The highest BCUT2D eigenvalue weighted by Crippen LogP contribution is 2.19. The van der Waals surface area contributed by atoms with Gasteiger partial charge in [-0.25, -0.2) is 9.66 Å². The van der Waals surface area contributed by atoms with Gasteiger partial charge < -0.3 is 5.01 Å². The van der Waals surface area contributed by atoms with E-state index in [1.54, 1.807) is 0 Å². The van der Waals surface area contributed by atoms with Crippen LogP contribution in [0.25, 0.3) is 11.0 Å². The summed E-state index contributed by atoms with van der Waals surface area (Å²) in [6.45, 7) is 0. The minimum atomic E-state index is 0.592. The number of aryl methyl sites for hydroxylation is 1. The van der Waals surface area contributed by atoms with Gasteiger partial charge in [0, 0.05) is 30.0 Å². The van der Waals surface area contributed by atoms with E-state index >= 15 is 0 Å². The van der Waals surface area contributed by atoms with Gasteiger partial charge in [0.05, 0.1) is 11.0 Å². The lowest BCUT2D eigenvalue weighted by atomic mass is 10.3. The molecule has 0 amide bonds. The lowest BCUT2D eigenvalue weighted by Crippen LogP contribution is -2.26. The monoisotopic (exact) mass is 349 g/mol. The van der Waals surface area contributed by atoms with Crippen molar-refractivity contribution in [1.29, 1.82) is 0 Å². The molecule has 0 N–H and O–H groups in total. The van der Waals surface area contributed by atoms with E-state index < -0.39 is 0 Å². The average molecular weight is 350 g/mol. The van der Waals surface area contributed by atoms with Gasteiger partial charge in [-0.05, 0) is 40.8 Å². The Hall–Kier alpha value is -0.490. The molecule has 16 heavy (non-hydrogen) atoms. The van der Waals surface area contributed by atoms with Gasteiger partial charge in [-0.3, -0.25) is 0 Å². The maximum atomic E-state index is 5.80. The predicted octanol–water partition coefficient (Wildman–Crippen LogP) is 2.62. The summed E-state index contributed by atoms with van der Waals surface area (Å²) < 4.78 is 3.30. The zero-order chi connectivity index (χ0) is 11.7. The van der Waals surface area contributed by atoms with Crippen LogP contribution in [0.3, 0.4) is 0 Å². The van der Waals surface area contributed by atoms with Crippen LogP contribution >= 0.6 is 34.2 Å². The third-order valence-corrected chi connectivity index (χ3v) is 3.24. The van der Waals surface area contributed by atoms with E-state index in [2.05, 4.69) is 50.5 Å². The summed E-state index contributed by atoms with van der Waals surface area (Å²) >= 11 is 8.10. The summed E-state index contributed by atoms with van der Waals surface area (Å²) in [6.07, 6.45) is 0.783. The zero-order valence-electron chi connectivity index (χ0n) is 9.24. The molecule has 1 aromatic heterocycles. The normalized spacial score (nSPS) is 11.0. The van der Waals surface area contributed by atoms with Crippen LogP contribution in [0.4, 0.5) is 0 Å². The average Bonchev–Trinajstić information content (AvgIpc) is 2.55. The number of alkyl halides is 1. The van der Waals surface area contributed by atoms with Crippen molar-refractivity contribution in [3.63, 3.8) is 0 Å². The first-order valence-electron chi connectivity index (χ1n) is 5.04. The molecule has 0 spiro atoms. The van der Waals surface area contributed by atoms with Gasteiger partial charge >= 0.3 is 0 Å². The molecule has 0 bridgehead atoms. The molecule has 0 radical (unpaired) electrons. The highest BCUT2D eigenvalue weighted by Gasteiger charge is 2.11. The predicted molar refractivity (Wildman–Crippen MR) is 76.9 cm³/mol. The van der Waals surface area contributed by atoms with Crippen LogP contribution < -0.4 is 5.01 Å². The fourth-order valence-corrected chi connectivity index (χ4v) is 2.43. The molecule has 0 aliphatic rings. The highest BCUT2D eigenvalue weighted by atomic mass is 127. The van der Waals surface area contributed by atoms with Crippen LogP contribution in [-0.2, 0) is 6.42 Å². The number of fused-ring (bicyclic) bond motifs is 1. The third-order valence-electron chi connectivity index (χ3n) is 2.38. The minimum Gasteiger partial charge on any atom is -0.317 e. The van der Waals surface area contributed by atoms with Crippen molar-refractivity contribution in [1.82, 2.24) is 9.66 Å². The summed E-state index contributed by atoms with van der Waals surface area (Å²) in [4.78, 5) is 4.62. The lowest BCUT2D eigenvalue weighted by molar-refractivity contribution is 0.703. The van der Waals surface area contributed by atoms with Gasteiger partial charge in [0.1, 0.15) is 5.82 Å². The Balaban J connectivity index is 2.65. The number of benzene rings is 1. The van der Waals surface area contributed by atoms with Crippen molar-refractivity contribution in [2.24, 2.45) is 0 Å². The molecular formula is C11H13ClIN3. The van der Waals surface area contributed by atoms with Gasteiger partial charge in [0.15, 0.2) is 0 Å². The molecule has 3 nitrogen and oxygen atoms in total. The van der Waals surface area contributed by atoms with E-state index in [9.17, 15) is 0 Å². The van der Waals surface area contributed by atoms with Crippen molar-refractivity contribution in [3.05, 3.63) is 27.6 Å². The second kappa shape index (κ2) is 4.79. The Bertz CT molecular complexity index is 507. The van der Waals surface area contributed by atoms with Crippen molar-refractivity contribution >= 4 is 45.2 Å². The SMILES string of the molecule is CN(C)n1c(CCCl)nc2cc(I)ccc21. The Morgan fingerprint density at radius 2 is 2.19 bits per heavy atom. The number of imidazole rings is 1. The third kappa shape index (κ3) is 2.13. The van der Waals surface area contributed by atoms with Gasteiger partial charge in [0.2, 0.25) is 0 Å². The smallest absolute Gasteiger partial charge is 0.130 e. The molecule has 0 saturated carbocycles. The quantitative estimate of drug-likeness (QED) is 0.627. The van der Waals surface area contributed by atoms with Crippen LogP contribution in [0.1, 0.15) is 5.82 Å². The van der Waals surface area contributed by atoms with Crippen LogP contribution in [0.15, 0.2) is 18.2 Å².